The van der Waals surface area contributed by atoms with Crippen LogP contribution < -0.4 is 10.6 Å². The van der Waals surface area contributed by atoms with Gasteiger partial charge in [-0.15, -0.1) is 0 Å². The van der Waals surface area contributed by atoms with Crippen LogP contribution in [0.15, 0.2) is 30.3 Å². The zero-order chi connectivity index (χ0) is 17.5. The van der Waals surface area contributed by atoms with Gasteiger partial charge in [0.1, 0.15) is 18.5 Å². The van der Waals surface area contributed by atoms with Crippen LogP contribution in [0.2, 0.25) is 0 Å². The van der Waals surface area contributed by atoms with Crippen LogP contribution in [0.5, 0.6) is 0 Å². The standard InChI is InChI=1S/C17H20N4O3/c1-12(19-15(22)9-10-18)17(24)21-11-5-8-14(21)16(23)20-13-6-3-2-4-7-13/h2-4,6-7,12,14H,5,8-9,11H2,1H3,(H,19,22)(H,20,23)/t12-,14-/m0/s1. The number of carbonyl (C=O) groups is 3. The fourth-order valence-electron chi connectivity index (χ4n) is 2.72. The molecule has 2 N–H and O–H groups in total. The topological polar surface area (TPSA) is 102 Å². The summed E-state index contributed by atoms with van der Waals surface area (Å²) in [4.78, 5) is 37.9. The van der Waals surface area contributed by atoms with Gasteiger partial charge in [-0.3, -0.25) is 14.4 Å². The molecule has 7 heteroatoms. The van der Waals surface area contributed by atoms with E-state index in [9.17, 15) is 14.4 Å². The van der Waals surface area contributed by atoms with E-state index in [4.69, 9.17) is 5.26 Å². The first-order valence-electron chi connectivity index (χ1n) is 7.85. The maximum absolute atomic E-state index is 12.5. The van der Waals surface area contributed by atoms with Gasteiger partial charge >= 0.3 is 0 Å². The summed E-state index contributed by atoms with van der Waals surface area (Å²) in [7, 11) is 0. The quantitative estimate of drug-likeness (QED) is 0.843. The van der Waals surface area contributed by atoms with E-state index >= 15 is 0 Å². The Hall–Kier alpha value is -2.88. The summed E-state index contributed by atoms with van der Waals surface area (Å²) >= 11 is 0. The van der Waals surface area contributed by atoms with Gasteiger partial charge in [-0.25, -0.2) is 0 Å². The van der Waals surface area contributed by atoms with Crippen molar-refractivity contribution in [2.24, 2.45) is 0 Å². The van der Waals surface area contributed by atoms with Gasteiger partial charge in [0.25, 0.3) is 0 Å². The lowest BCUT2D eigenvalue weighted by Crippen LogP contribution is -2.51. The van der Waals surface area contributed by atoms with Crippen molar-refractivity contribution in [1.29, 1.82) is 5.26 Å². The summed E-state index contributed by atoms with van der Waals surface area (Å²) in [5, 5.41) is 13.8. The third-order valence-electron chi connectivity index (χ3n) is 3.87. The smallest absolute Gasteiger partial charge is 0.247 e. The summed E-state index contributed by atoms with van der Waals surface area (Å²) in [5.41, 5.74) is 0.678. The fraction of sp³-hybridized carbons (Fsp3) is 0.412. The lowest BCUT2D eigenvalue weighted by atomic mass is 10.1. The lowest BCUT2D eigenvalue weighted by molar-refractivity contribution is -0.139. The van der Waals surface area contributed by atoms with Gasteiger partial charge in [-0.05, 0) is 31.9 Å². The van der Waals surface area contributed by atoms with Crippen molar-refractivity contribution in [3.8, 4) is 6.07 Å². The molecule has 1 aromatic rings. The van der Waals surface area contributed by atoms with Crippen LogP contribution in [0.25, 0.3) is 0 Å². The average Bonchev–Trinajstić information content (AvgIpc) is 3.04. The Morgan fingerprint density at radius 1 is 1.33 bits per heavy atom. The Kier molecular flexibility index (Phi) is 5.90. The van der Waals surface area contributed by atoms with Crippen molar-refractivity contribution in [3.63, 3.8) is 0 Å². The molecule has 1 fully saturated rings. The third kappa shape index (κ3) is 4.32. The number of hydrogen-bond acceptors (Lipinski definition) is 4. The number of likely N-dealkylation sites (tertiary alicyclic amines) is 1. The van der Waals surface area contributed by atoms with E-state index in [2.05, 4.69) is 10.6 Å². The first-order valence-corrected chi connectivity index (χ1v) is 7.85. The van der Waals surface area contributed by atoms with Crippen molar-refractivity contribution in [2.45, 2.75) is 38.3 Å². The zero-order valence-electron chi connectivity index (χ0n) is 13.5. The van der Waals surface area contributed by atoms with Crippen molar-refractivity contribution in [2.75, 3.05) is 11.9 Å². The SMILES string of the molecule is C[C@H](NC(=O)CC#N)C(=O)N1CCC[C@H]1C(=O)Nc1ccccc1. The Morgan fingerprint density at radius 2 is 2.04 bits per heavy atom. The highest BCUT2D eigenvalue weighted by Gasteiger charge is 2.36. The maximum Gasteiger partial charge on any atom is 0.247 e. The Morgan fingerprint density at radius 3 is 2.71 bits per heavy atom. The number of carbonyl (C=O) groups excluding carboxylic acids is 3. The van der Waals surface area contributed by atoms with Gasteiger partial charge in [0, 0.05) is 12.2 Å². The maximum atomic E-state index is 12.5. The summed E-state index contributed by atoms with van der Waals surface area (Å²) in [6.45, 7) is 2.03. The van der Waals surface area contributed by atoms with Gasteiger partial charge in [0.2, 0.25) is 17.7 Å². The fourth-order valence-corrected chi connectivity index (χ4v) is 2.72. The first-order chi connectivity index (χ1) is 11.5. The molecule has 0 spiro atoms. The second-order valence-corrected chi connectivity index (χ2v) is 5.67. The molecule has 0 bridgehead atoms. The molecular formula is C17H20N4O3. The number of rotatable bonds is 5. The number of para-hydroxylation sites is 1. The summed E-state index contributed by atoms with van der Waals surface area (Å²) in [5.74, 6) is -1.04. The van der Waals surface area contributed by atoms with E-state index in [1.807, 2.05) is 18.2 Å². The molecule has 2 atom stereocenters. The number of nitrogens with one attached hydrogen (secondary N) is 2. The van der Waals surface area contributed by atoms with Crippen molar-refractivity contribution in [1.82, 2.24) is 10.2 Å². The van der Waals surface area contributed by atoms with Gasteiger partial charge < -0.3 is 15.5 Å². The van der Waals surface area contributed by atoms with Crippen LogP contribution in [0.1, 0.15) is 26.2 Å². The van der Waals surface area contributed by atoms with Gasteiger partial charge in [0.15, 0.2) is 0 Å². The largest absolute Gasteiger partial charge is 0.344 e. The molecule has 0 aromatic heterocycles. The van der Waals surface area contributed by atoms with E-state index in [1.165, 1.54) is 4.90 Å². The second-order valence-electron chi connectivity index (χ2n) is 5.67. The molecule has 1 aromatic carbocycles. The van der Waals surface area contributed by atoms with Crippen LogP contribution in [0.3, 0.4) is 0 Å². The predicted molar refractivity (Wildman–Crippen MR) is 87.6 cm³/mol. The minimum absolute atomic E-state index is 0.234. The Bertz CT molecular complexity index is 654. The molecule has 0 radical (unpaired) electrons. The van der Waals surface area contributed by atoms with E-state index in [0.29, 0.717) is 18.7 Å². The summed E-state index contributed by atoms with van der Waals surface area (Å²) < 4.78 is 0. The molecule has 1 saturated heterocycles. The Balaban J connectivity index is 1.99. The van der Waals surface area contributed by atoms with Crippen molar-refractivity contribution in [3.05, 3.63) is 30.3 Å². The van der Waals surface area contributed by atoms with Crippen LogP contribution in [-0.4, -0.2) is 41.2 Å². The lowest BCUT2D eigenvalue weighted by Gasteiger charge is -2.27. The van der Waals surface area contributed by atoms with Gasteiger partial charge in [-0.2, -0.15) is 5.26 Å². The highest BCUT2D eigenvalue weighted by atomic mass is 16.2. The molecule has 7 nitrogen and oxygen atoms in total. The van der Waals surface area contributed by atoms with E-state index in [1.54, 1.807) is 25.1 Å². The monoisotopic (exact) mass is 328 g/mol. The number of hydrogen-bond donors (Lipinski definition) is 2. The van der Waals surface area contributed by atoms with E-state index in [-0.39, 0.29) is 18.2 Å². The van der Waals surface area contributed by atoms with Crippen LogP contribution in [-0.2, 0) is 14.4 Å². The van der Waals surface area contributed by atoms with Crippen molar-refractivity contribution >= 4 is 23.4 Å². The van der Waals surface area contributed by atoms with Crippen LogP contribution >= 0.6 is 0 Å². The minimum atomic E-state index is -0.768. The summed E-state index contributed by atoms with van der Waals surface area (Å²) in [6, 6.07) is 9.47. The molecule has 24 heavy (non-hydrogen) atoms. The van der Waals surface area contributed by atoms with E-state index in [0.717, 1.165) is 6.42 Å². The number of anilines is 1. The highest BCUT2D eigenvalue weighted by molar-refractivity contribution is 5.98. The molecule has 1 heterocycles. The minimum Gasteiger partial charge on any atom is -0.344 e. The average molecular weight is 328 g/mol. The van der Waals surface area contributed by atoms with Gasteiger partial charge in [0.05, 0.1) is 6.07 Å². The molecule has 126 valence electrons. The second kappa shape index (κ2) is 8.11. The van der Waals surface area contributed by atoms with E-state index < -0.39 is 18.0 Å². The summed E-state index contributed by atoms with van der Waals surface area (Å²) in [6.07, 6.45) is 1.02. The predicted octanol–water partition coefficient (Wildman–Crippen LogP) is 1.03. The number of benzene rings is 1. The molecule has 2 rings (SSSR count). The normalized spacial score (nSPS) is 17.7. The molecule has 0 saturated carbocycles. The molecule has 1 aliphatic heterocycles. The highest BCUT2D eigenvalue weighted by Crippen LogP contribution is 2.20. The molecule has 0 aliphatic carbocycles. The Labute approximate surface area is 140 Å². The number of nitrogens with zero attached hydrogens (tertiary/aromatic N) is 2. The zero-order valence-corrected chi connectivity index (χ0v) is 13.5. The molecule has 0 unspecified atom stereocenters. The molecular weight excluding hydrogens is 308 g/mol. The number of amides is 3. The molecule has 1 aliphatic rings. The third-order valence-corrected chi connectivity index (χ3v) is 3.87. The first kappa shape index (κ1) is 17.5. The van der Waals surface area contributed by atoms with Crippen LogP contribution in [0, 0.1) is 11.3 Å². The van der Waals surface area contributed by atoms with Crippen LogP contribution in [0.4, 0.5) is 5.69 Å². The molecule has 3 amide bonds. The number of nitriles is 1. The van der Waals surface area contributed by atoms with Gasteiger partial charge in [-0.1, -0.05) is 18.2 Å². The van der Waals surface area contributed by atoms with Crippen molar-refractivity contribution < 1.29 is 14.4 Å².